The topological polar surface area (TPSA) is 51.8 Å². The van der Waals surface area contributed by atoms with Crippen molar-refractivity contribution in [3.63, 3.8) is 0 Å². The second-order valence-electron chi connectivity index (χ2n) is 4.56. The van der Waals surface area contributed by atoms with Crippen LogP contribution in [-0.4, -0.2) is 10.2 Å². The van der Waals surface area contributed by atoms with Gasteiger partial charge < -0.3 is 5.73 Å². The zero-order valence-electron chi connectivity index (χ0n) is 10.8. The van der Waals surface area contributed by atoms with Crippen molar-refractivity contribution in [3.05, 3.63) is 45.9 Å². The molecule has 0 fully saturated rings. The lowest BCUT2D eigenvalue weighted by Gasteiger charge is -2.07. The first-order chi connectivity index (χ1) is 8.72. The van der Waals surface area contributed by atoms with E-state index in [9.17, 15) is 0 Å². The van der Waals surface area contributed by atoms with Crippen molar-refractivity contribution in [1.29, 1.82) is 0 Å². The number of rotatable bonds is 5. The van der Waals surface area contributed by atoms with Crippen LogP contribution in [0.4, 0.5) is 0 Å². The lowest BCUT2D eigenvalue weighted by atomic mass is 10.1. The number of aromatic nitrogens is 2. The van der Waals surface area contributed by atoms with E-state index in [0.29, 0.717) is 5.92 Å². The highest BCUT2D eigenvalue weighted by molar-refractivity contribution is 7.11. The van der Waals surface area contributed by atoms with E-state index < -0.39 is 0 Å². The smallest absolute Gasteiger partial charge is 0.138 e. The van der Waals surface area contributed by atoms with Crippen LogP contribution < -0.4 is 5.73 Å². The molecule has 0 radical (unpaired) electrons. The van der Waals surface area contributed by atoms with Gasteiger partial charge in [-0.2, -0.15) is 0 Å². The Kier molecular flexibility index (Phi) is 4.44. The minimum Gasteiger partial charge on any atom is -0.318 e. The molecule has 1 aromatic carbocycles. The van der Waals surface area contributed by atoms with Crippen molar-refractivity contribution in [3.8, 4) is 0 Å². The molecule has 96 valence electrons. The fraction of sp³-hybridized carbons (Fsp3) is 0.429. The summed E-state index contributed by atoms with van der Waals surface area (Å²) in [5.74, 6) is 0.476. The fourth-order valence-electron chi connectivity index (χ4n) is 1.93. The largest absolute Gasteiger partial charge is 0.318 e. The van der Waals surface area contributed by atoms with Crippen LogP contribution in [0, 0.1) is 0 Å². The maximum absolute atomic E-state index is 6.21. The molecule has 1 aromatic heterocycles. The van der Waals surface area contributed by atoms with Gasteiger partial charge in [0.25, 0.3) is 0 Å². The Morgan fingerprint density at radius 2 is 1.83 bits per heavy atom. The molecule has 2 atom stereocenters. The van der Waals surface area contributed by atoms with Gasteiger partial charge in [-0.05, 0) is 12.0 Å². The molecule has 2 aromatic rings. The molecule has 18 heavy (non-hydrogen) atoms. The van der Waals surface area contributed by atoms with Gasteiger partial charge in [-0.1, -0.05) is 61.9 Å². The van der Waals surface area contributed by atoms with Crippen LogP contribution in [0.15, 0.2) is 30.3 Å². The molecule has 0 saturated carbocycles. The predicted octanol–water partition coefficient (Wildman–Crippen LogP) is 3.49. The van der Waals surface area contributed by atoms with Gasteiger partial charge in [-0.25, -0.2) is 0 Å². The van der Waals surface area contributed by atoms with E-state index in [1.54, 1.807) is 11.3 Å². The van der Waals surface area contributed by atoms with Gasteiger partial charge in [-0.3, -0.25) is 0 Å². The van der Waals surface area contributed by atoms with E-state index in [4.69, 9.17) is 5.73 Å². The summed E-state index contributed by atoms with van der Waals surface area (Å²) < 4.78 is 0. The summed E-state index contributed by atoms with van der Waals surface area (Å²) in [5, 5.41) is 10.5. The minimum absolute atomic E-state index is 0.161. The molecule has 2 rings (SSSR count). The lowest BCUT2D eigenvalue weighted by Crippen LogP contribution is -2.11. The Bertz CT molecular complexity index is 481. The van der Waals surface area contributed by atoms with Crippen LogP contribution in [0.3, 0.4) is 0 Å². The summed E-state index contributed by atoms with van der Waals surface area (Å²) in [5.41, 5.74) is 7.30. The van der Waals surface area contributed by atoms with Crippen LogP contribution in [0.1, 0.15) is 54.2 Å². The third kappa shape index (κ3) is 2.94. The van der Waals surface area contributed by atoms with E-state index in [-0.39, 0.29) is 6.04 Å². The average molecular weight is 261 g/mol. The molecule has 2 unspecified atom stereocenters. The molecule has 2 N–H and O–H groups in total. The number of nitrogens with two attached hydrogens (primary N) is 1. The third-order valence-corrected chi connectivity index (χ3v) is 4.26. The molecule has 0 bridgehead atoms. The molecule has 0 amide bonds. The van der Waals surface area contributed by atoms with Crippen LogP contribution in [-0.2, 0) is 0 Å². The fourth-order valence-corrected chi connectivity index (χ4v) is 2.89. The average Bonchev–Trinajstić information content (AvgIpc) is 2.89. The molecule has 1 heterocycles. The first-order valence-corrected chi connectivity index (χ1v) is 7.17. The highest BCUT2D eigenvalue weighted by atomic mass is 32.1. The van der Waals surface area contributed by atoms with E-state index in [2.05, 4.69) is 24.0 Å². The quantitative estimate of drug-likeness (QED) is 0.896. The van der Waals surface area contributed by atoms with E-state index in [1.807, 2.05) is 30.3 Å². The van der Waals surface area contributed by atoms with Crippen LogP contribution in [0.25, 0.3) is 0 Å². The minimum atomic E-state index is -0.161. The Balaban J connectivity index is 2.15. The van der Waals surface area contributed by atoms with Gasteiger partial charge in [0.2, 0.25) is 0 Å². The number of nitrogens with zero attached hydrogens (tertiary/aromatic N) is 2. The number of benzene rings is 1. The summed E-state index contributed by atoms with van der Waals surface area (Å²) in [6.45, 7) is 4.38. The van der Waals surface area contributed by atoms with Gasteiger partial charge in [0.1, 0.15) is 10.0 Å². The molecule has 4 heteroatoms. The van der Waals surface area contributed by atoms with Gasteiger partial charge in [0, 0.05) is 5.92 Å². The first-order valence-electron chi connectivity index (χ1n) is 6.36. The highest BCUT2D eigenvalue weighted by Gasteiger charge is 2.16. The second-order valence-corrected chi connectivity index (χ2v) is 5.60. The standard InChI is InChI=1S/C14H19N3S/c1-3-7-10(2)13-16-17-14(18-13)12(15)11-8-5-4-6-9-11/h4-6,8-10,12H,3,7,15H2,1-2H3. The third-order valence-electron chi connectivity index (χ3n) is 3.02. The van der Waals surface area contributed by atoms with Crippen molar-refractivity contribution in [2.45, 2.75) is 38.6 Å². The summed E-state index contributed by atoms with van der Waals surface area (Å²) in [6.07, 6.45) is 2.32. The molecular formula is C14H19N3S. The maximum Gasteiger partial charge on any atom is 0.138 e. The number of hydrogen-bond donors (Lipinski definition) is 1. The molecule has 0 spiro atoms. The van der Waals surface area contributed by atoms with E-state index in [0.717, 1.165) is 22.0 Å². The lowest BCUT2D eigenvalue weighted by molar-refractivity contribution is 0.652. The molecule has 3 nitrogen and oxygen atoms in total. The van der Waals surface area contributed by atoms with Gasteiger partial charge >= 0.3 is 0 Å². The molecular weight excluding hydrogens is 242 g/mol. The SMILES string of the molecule is CCCC(C)c1nnc(C(N)c2ccccc2)s1. The van der Waals surface area contributed by atoms with Crippen molar-refractivity contribution >= 4 is 11.3 Å². The molecule has 0 aliphatic rings. The van der Waals surface area contributed by atoms with Crippen molar-refractivity contribution in [2.75, 3.05) is 0 Å². The van der Waals surface area contributed by atoms with Crippen LogP contribution in [0.5, 0.6) is 0 Å². The van der Waals surface area contributed by atoms with E-state index >= 15 is 0 Å². The normalized spacial score (nSPS) is 14.4. The summed E-state index contributed by atoms with van der Waals surface area (Å²) in [7, 11) is 0. The van der Waals surface area contributed by atoms with Gasteiger partial charge in [0.05, 0.1) is 6.04 Å². The van der Waals surface area contributed by atoms with Crippen molar-refractivity contribution in [2.24, 2.45) is 5.73 Å². The van der Waals surface area contributed by atoms with Crippen molar-refractivity contribution in [1.82, 2.24) is 10.2 Å². The Labute approximate surface area is 112 Å². The second kappa shape index (κ2) is 6.07. The molecule has 0 aliphatic heterocycles. The Morgan fingerprint density at radius 3 is 2.50 bits per heavy atom. The monoisotopic (exact) mass is 261 g/mol. The highest BCUT2D eigenvalue weighted by Crippen LogP contribution is 2.28. The zero-order valence-corrected chi connectivity index (χ0v) is 11.7. The Hall–Kier alpha value is -1.26. The summed E-state index contributed by atoms with van der Waals surface area (Å²) >= 11 is 1.64. The van der Waals surface area contributed by atoms with E-state index in [1.165, 1.54) is 6.42 Å². The van der Waals surface area contributed by atoms with Gasteiger partial charge in [0.15, 0.2) is 0 Å². The first kappa shape index (κ1) is 13.2. The summed E-state index contributed by atoms with van der Waals surface area (Å²) in [4.78, 5) is 0. The number of hydrogen-bond acceptors (Lipinski definition) is 4. The molecule has 0 aliphatic carbocycles. The molecule has 0 saturated heterocycles. The van der Waals surface area contributed by atoms with Crippen molar-refractivity contribution < 1.29 is 0 Å². The predicted molar refractivity (Wildman–Crippen MR) is 75.7 cm³/mol. The Morgan fingerprint density at radius 1 is 1.17 bits per heavy atom. The van der Waals surface area contributed by atoms with Gasteiger partial charge in [-0.15, -0.1) is 10.2 Å². The van der Waals surface area contributed by atoms with Crippen LogP contribution in [0.2, 0.25) is 0 Å². The zero-order chi connectivity index (χ0) is 13.0. The summed E-state index contributed by atoms with van der Waals surface area (Å²) in [6, 6.07) is 9.88. The van der Waals surface area contributed by atoms with Crippen LogP contribution >= 0.6 is 11.3 Å². The maximum atomic E-state index is 6.21.